The maximum absolute atomic E-state index is 13.6. The molecule has 1 unspecified atom stereocenters. The maximum Gasteiger partial charge on any atom is 0.488 e. The summed E-state index contributed by atoms with van der Waals surface area (Å²) in [4.78, 5) is 63.9. The van der Waals surface area contributed by atoms with Gasteiger partial charge >= 0.3 is 13.1 Å². The molecule has 4 aromatic rings. The predicted octanol–water partition coefficient (Wildman–Crippen LogP) is 3.90. The molecule has 0 aliphatic carbocycles. The summed E-state index contributed by atoms with van der Waals surface area (Å²) in [5, 5.41) is 21.7. The standard InChI is InChI=1S/C51H60BN7O7/c1-2-44(36-6-4-3-5-7-36)48(37-8-12-40(13-9-37)52(64)65)38-10-15-43(16-11-38)66-33-32-54-24-26-58(27-25-54)51(63)57-22-20-41(21-23-57)55-28-30-56(31-29-55)42-14-17-45-39(34-42)35-59(50(45)62)46-18-19-47(60)53-49(46)61/h3-17,34,41,46,64-65H,2,18-33,35H2,1H3,(H,53,60,61)/b48-44-. The normalized spacial score (nSPS) is 20.3. The van der Waals surface area contributed by atoms with Crippen LogP contribution in [0.2, 0.25) is 0 Å². The van der Waals surface area contributed by atoms with Crippen LogP contribution in [0.4, 0.5) is 10.5 Å². The van der Waals surface area contributed by atoms with Crippen molar-refractivity contribution >= 4 is 53.2 Å². The van der Waals surface area contributed by atoms with Gasteiger partial charge in [0.2, 0.25) is 11.8 Å². The number of amides is 5. The summed E-state index contributed by atoms with van der Waals surface area (Å²) in [6, 6.07) is 32.0. The van der Waals surface area contributed by atoms with Gasteiger partial charge in [-0.25, -0.2) is 4.79 Å². The van der Waals surface area contributed by atoms with E-state index in [0.29, 0.717) is 49.7 Å². The van der Waals surface area contributed by atoms with Crippen LogP contribution in [0.15, 0.2) is 97.1 Å². The van der Waals surface area contributed by atoms with Gasteiger partial charge in [-0.3, -0.25) is 29.5 Å². The number of benzene rings is 4. The number of likely N-dealkylation sites (tertiary alicyclic amines) is 1. The molecule has 4 aromatic carbocycles. The molecule has 0 saturated carbocycles. The Morgan fingerprint density at radius 1 is 0.742 bits per heavy atom. The topological polar surface area (TPSA) is 149 Å². The van der Waals surface area contributed by atoms with Crippen LogP contribution in [0.25, 0.3) is 11.1 Å². The number of nitrogens with zero attached hydrogens (tertiary/aromatic N) is 6. The highest BCUT2D eigenvalue weighted by atomic mass is 16.5. The first-order chi connectivity index (χ1) is 32.1. The fraction of sp³-hybridized carbons (Fsp3) is 0.412. The molecule has 0 bridgehead atoms. The van der Waals surface area contributed by atoms with Gasteiger partial charge < -0.3 is 34.4 Å². The molecule has 5 aliphatic heterocycles. The van der Waals surface area contributed by atoms with Crippen molar-refractivity contribution < 1.29 is 34.0 Å². The third kappa shape index (κ3) is 9.90. The van der Waals surface area contributed by atoms with E-state index < -0.39 is 19.1 Å². The largest absolute Gasteiger partial charge is 0.492 e. The number of anilines is 1. The summed E-state index contributed by atoms with van der Waals surface area (Å²) in [6.07, 6.45) is 3.36. The molecule has 4 saturated heterocycles. The van der Waals surface area contributed by atoms with Gasteiger partial charge in [-0.05, 0) is 94.9 Å². The second-order valence-corrected chi connectivity index (χ2v) is 18.0. The van der Waals surface area contributed by atoms with Gasteiger partial charge in [-0.15, -0.1) is 0 Å². The zero-order valence-electron chi connectivity index (χ0n) is 37.8. The molecule has 5 aliphatic rings. The highest BCUT2D eigenvalue weighted by molar-refractivity contribution is 6.58. The van der Waals surface area contributed by atoms with Gasteiger partial charge in [0.15, 0.2) is 0 Å². The molecule has 14 nitrogen and oxygen atoms in total. The average molecular weight is 894 g/mol. The number of allylic oxidation sites excluding steroid dienone is 1. The molecule has 3 N–H and O–H groups in total. The Labute approximate surface area is 387 Å². The first-order valence-corrected chi connectivity index (χ1v) is 23.6. The predicted molar refractivity (Wildman–Crippen MR) is 255 cm³/mol. The smallest absolute Gasteiger partial charge is 0.488 e. The van der Waals surface area contributed by atoms with Crippen LogP contribution in [-0.2, 0) is 16.1 Å². The minimum atomic E-state index is -1.52. The number of hydrogen-bond donors (Lipinski definition) is 3. The van der Waals surface area contributed by atoms with E-state index in [9.17, 15) is 29.2 Å². The maximum atomic E-state index is 13.6. The molecule has 9 rings (SSSR count). The Morgan fingerprint density at radius 2 is 1.41 bits per heavy atom. The van der Waals surface area contributed by atoms with Crippen molar-refractivity contribution in [2.45, 2.75) is 57.7 Å². The van der Waals surface area contributed by atoms with Gasteiger partial charge in [0, 0.05) is 102 Å². The molecular weight excluding hydrogens is 833 g/mol. The lowest BCUT2D eigenvalue weighted by Crippen LogP contribution is -2.57. The molecular formula is C51H60BN7O7. The second-order valence-electron chi connectivity index (χ2n) is 18.0. The highest BCUT2D eigenvalue weighted by Gasteiger charge is 2.39. The second kappa shape index (κ2) is 20.3. The van der Waals surface area contributed by atoms with E-state index in [1.807, 2.05) is 64.4 Å². The Hall–Kier alpha value is -6.00. The zero-order valence-corrected chi connectivity index (χ0v) is 37.8. The van der Waals surface area contributed by atoms with Crippen LogP contribution in [0.3, 0.4) is 0 Å². The number of imide groups is 1. The quantitative estimate of drug-likeness (QED) is 0.109. The lowest BCUT2D eigenvalue weighted by atomic mass is 9.79. The van der Waals surface area contributed by atoms with Crippen LogP contribution >= 0.6 is 0 Å². The number of carbonyl (C=O) groups excluding carboxylic acids is 4. The summed E-state index contributed by atoms with van der Waals surface area (Å²) in [5.41, 5.74) is 8.60. The molecule has 66 heavy (non-hydrogen) atoms. The van der Waals surface area contributed by atoms with E-state index in [1.54, 1.807) is 17.0 Å². The minimum absolute atomic E-state index is 0.148. The monoisotopic (exact) mass is 893 g/mol. The number of carbonyl (C=O) groups is 4. The van der Waals surface area contributed by atoms with E-state index in [2.05, 4.69) is 57.3 Å². The Balaban J connectivity index is 0.702. The van der Waals surface area contributed by atoms with Crippen molar-refractivity contribution in [2.24, 2.45) is 0 Å². The molecule has 344 valence electrons. The minimum Gasteiger partial charge on any atom is -0.492 e. The van der Waals surface area contributed by atoms with Crippen LogP contribution in [0, 0.1) is 0 Å². The van der Waals surface area contributed by atoms with Gasteiger partial charge in [0.1, 0.15) is 18.4 Å². The van der Waals surface area contributed by atoms with Crippen molar-refractivity contribution in [2.75, 3.05) is 83.5 Å². The Morgan fingerprint density at radius 3 is 2.06 bits per heavy atom. The fourth-order valence-corrected chi connectivity index (χ4v) is 10.4. The molecule has 1 atom stereocenters. The van der Waals surface area contributed by atoms with E-state index in [0.717, 1.165) is 117 Å². The summed E-state index contributed by atoms with van der Waals surface area (Å²) in [7, 11) is -1.52. The third-order valence-corrected chi connectivity index (χ3v) is 14.2. The molecule has 4 fully saturated rings. The Bertz CT molecular complexity index is 2410. The van der Waals surface area contributed by atoms with E-state index in [1.165, 1.54) is 5.57 Å². The number of nitrogens with one attached hydrogen (secondary N) is 1. The number of ether oxygens (including phenoxy) is 1. The lowest BCUT2D eigenvalue weighted by Gasteiger charge is -2.44. The number of fused-ring (bicyclic) bond motifs is 1. The van der Waals surface area contributed by atoms with Crippen LogP contribution in [0.1, 0.15) is 71.6 Å². The molecule has 0 aromatic heterocycles. The van der Waals surface area contributed by atoms with Crippen molar-refractivity contribution in [1.29, 1.82) is 0 Å². The van der Waals surface area contributed by atoms with Crippen molar-refractivity contribution in [3.63, 3.8) is 0 Å². The number of hydrogen-bond acceptors (Lipinski definition) is 10. The van der Waals surface area contributed by atoms with Crippen LogP contribution < -0.4 is 20.4 Å². The Kier molecular flexibility index (Phi) is 13.9. The summed E-state index contributed by atoms with van der Waals surface area (Å²) >= 11 is 0. The summed E-state index contributed by atoms with van der Waals surface area (Å²) in [5.74, 6) is -0.0241. The van der Waals surface area contributed by atoms with Crippen molar-refractivity contribution in [3.05, 3.63) is 125 Å². The summed E-state index contributed by atoms with van der Waals surface area (Å²) in [6.45, 7) is 12.1. The highest BCUT2D eigenvalue weighted by Crippen LogP contribution is 2.35. The van der Waals surface area contributed by atoms with Gasteiger partial charge in [-0.2, -0.15) is 0 Å². The fourth-order valence-electron chi connectivity index (χ4n) is 10.4. The van der Waals surface area contributed by atoms with Crippen molar-refractivity contribution in [3.8, 4) is 5.75 Å². The van der Waals surface area contributed by atoms with Crippen LogP contribution in [0.5, 0.6) is 5.75 Å². The van der Waals surface area contributed by atoms with E-state index in [-0.39, 0.29) is 24.3 Å². The number of urea groups is 1. The number of piperidine rings is 2. The zero-order chi connectivity index (χ0) is 45.7. The van der Waals surface area contributed by atoms with E-state index in [4.69, 9.17) is 4.74 Å². The molecule has 0 spiro atoms. The first-order valence-electron chi connectivity index (χ1n) is 23.6. The summed E-state index contributed by atoms with van der Waals surface area (Å²) < 4.78 is 6.23. The van der Waals surface area contributed by atoms with Gasteiger partial charge in [0.05, 0.1) is 0 Å². The molecule has 15 heteroatoms. The van der Waals surface area contributed by atoms with Crippen molar-refractivity contribution in [1.82, 2.24) is 29.8 Å². The SMILES string of the molecule is CC/C(=C(/c1ccc(OCCN2CCN(C(=O)N3CCC(N4CCN(c5ccc6c(c5)CN(C5CCC(=O)NC5=O)C6=O)CC4)CC3)CC2)cc1)c1ccc(B(O)O)cc1)c1ccccc1. The first kappa shape index (κ1) is 45.2. The number of piperazine rings is 2. The van der Waals surface area contributed by atoms with Gasteiger partial charge in [-0.1, -0.05) is 73.7 Å². The third-order valence-electron chi connectivity index (χ3n) is 14.2. The molecule has 5 amide bonds. The number of rotatable bonds is 12. The van der Waals surface area contributed by atoms with Crippen LogP contribution in [-0.4, -0.2) is 156 Å². The lowest BCUT2D eigenvalue weighted by molar-refractivity contribution is -0.136. The molecule has 5 heterocycles. The average Bonchev–Trinajstić information content (AvgIpc) is 3.68. The van der Waals surface area contributed by atoms with E-state index >= 15 is 0 Å². The molecule has 0 radical (unpaired) electrons. The van der Waals surface area contributed by atoms with Gasteiger partial charge in [0.25, 0.3) is 5.91 Å².